The van der Waals surface area contributed by atoms with Crippen LogP contribution in [0, 0.1) is 6.92 Å². The summed E-state index contributed by atoms with van der Waals surface area (Å²) in [6, 6.07) is 8.22. The van der Waals surface area contributed by atoms with Crippen LogP contribution in [0.25, 0.3) is 10.2 Å². The minimum absolute atomic E-state index is 0.654. The Bertz CT molecular complexity index is 784. The fraction of sp³-hybridized carbons (Fsp3) is 0.200. The van der Waals surface area contributed by atoms with Crippen molar-refractivity contribution in [2.24, 2.45) is 0 Å². The minimum atomic E-state index is 0.654. The summed E-state index contributed by atoms with van der Waals surface area (Å²) >= 11 is 5.18. The lowest BCUT2D eigenvalue weighted by Crippen LogP contribution is -2.04. The number of benzene rings is 1. The van der Waals surface area contributed by atoms with Gasteiger partial charge in [-0.2, -0.15) is 4.98 Å². The molecule has 0 aliphatic heterocycles. The minimum Gasteiger partial charge on any atom is -0.354 e. The van der Waals surface area contributed by atoms with Gasteiger partial charge in [-0.15, -0.1) is 11.3 Å². The van der Waals surface area contributed by atoms with Crippen LogP contribution < -0.4 is 10.6 Å². The van der Waals surface area contributed by atoms with Gasteiger partial charge in [-0.05, 0) is 43.0 Å². The number of nitrogens with one attached hydrogen (secondary N) is 2. The maximum Gasteiger partial charge on any atom is 0.226 e. The first-order valence-electron chi connectivity index (χ1n) is 6.69. The highest BCUT2D eigenvalue weighted by molar-refractivity contribution is 9.10. The molecule has 3 rings (SSSR count). The van der Waals surface area contributed by atoms with E-state index in [0.29, 0.717) is 5.95 Å². The standard InChI is InChI=1S/C15H15BrN4S/c1-3-17-15-19-13(11-6-7-21-14(11)20-15)18-10-5-4-9(2)12(16)8-10/h4-8H,3H2,1-2H3,(H2,17,18,19,20). The van der Waals surface area contributed by atoms with Crippen molar-refractivity contribution in [3.8, 4) is 0 Å². The first-order valence-corrected chi connectivity index (χ1v) is 8.37. The fourth-order valence-electron chi connectivity index (χ4n) is 2.00. The third kappa shape index (κ3) is 3.01. The summed E-state index contributed by atoms with van der Waals surface area (Å²) in [6.45, 7) is 4.90. The molecule has 0 unspecified atom stereocenters. The Labute approximate surface area is 135 Å². The van der Waals surface area contributed by atoms with Crippen LogP contribution >= 0.6 is 27.3 Å². The number of anilines is 3. The van der Waals surface area contributed by atoms with Gasteiger partial charge in [0.2, 0.25) is 5.95 Å². The van der Waals surface area contributed by atoms with Crippen molar-refractivity contribution in [3.63, 3.8) is 0 Å². The first-order chi connectivity index (χ1) is 10.2. The number of hydrogen-bond acceptors (Lipinski definition) is 5. The lowest BCUT2D eigenvalue weighted by Gasteiger charge is -2.10. The van der Waals surface area contributed by atoms with Crippen LogP contribution in [0.4, 0.5) is 17.5 Å². The van der Waals surface area contributed by atoms with E-state index in [4.69, 9.17) is 0 Å². The van der Waals surface area contributed by atoms with Gasteiger partial charge in [0, 0.05) is 16.7 Å². The molecule has 2 heterocycles. The molecule has 0 saturated heterocycles. The Morgan fingerprint density at radius 2 is 2.10 bits per heavy atom. The maximum absolute atomic E-state index is 4.57. The quantitative estimate of drug-likeness (QED) is 0.690. The largest absolute Gasteiger partial charge is 0.354 e. The number of halogens is 1. The van der Waals surface area contributed by atoms with E-state index in [-0.39, 0.29) is 0 Å². The zero-order chi connectivity index (χ0) is 14.8. The Kier molecular flexibility index (Phi) is 4.07. The zero-order valence-corrected chi connectivity index (χ0v) is 14.2. The van der Waals surface area contributed by atoms with E-state index in [2.05, 4.69) is 55.6 Å². The molecule has 108 valence electrons. The van der Waals surface area contributed by atoms with Gasteiger partial charge in [0.25, 0.3) is 0 Å². The number of aryl methyl sites for hydroxylation is 1. The summed E-state index contributed by atoms with van der Waals surface area (Å²) in [5, 5.41) is 9.63. The molecule has 2 N–H and O–H groups in total. The van der Waals surface area contributed by atoms with Crippen LogP contribution in [0.2, 0.25) is 0 Å². The van der Waals surface area contributed by atoms with E-state index >= 15 is 0 Å². The molecular weight excluding hydrogens is 348 g/mol. The van der Waals surface area contributed by atoms with Crippen molar-refractivity contribution in [1.82, 2.24) is 9.97 Å². The van der Waals surface area contributed by atoms with Crippen molar-refractivity contribution < 1.29 is 0 Å². The highest BCUT2D eigenvalue weighted by Crippen LogP contribution is 2.30. The topological polar surface area (TPSA) is 49.8 Å². The SMILES string of the molecule is CCNc1nc(Nc2ccc(C)c(Br)c2)c2ccsc2n1. The number of hydrogen-bond donors (Lipinski definition) is 2. The molecule has 0 radical (unpaired) electrons. The molecule has 6 heteroatoms. The zero-order valence-electron chi connectivity index (χ0n) is 11.8. The molecule has 1 aromatic carbocycles. The molecule has 0 fully saturated rings. The van der Waals surface area contributed by atoms with Gasteiger partial charge in [0.15, 0.2) is 0 Å². The fourth-order valence-corrected chi connectivity index (χ4v) is 3.14. The lowest BCUT2D eigenvalue weighted by molar-refractivity contribution is 1.11. The third-order valence-electron chi connectivity index (χ3n) is 3.09. The molecule has 3 aromatic rings. The average molecular weight is 363 g/mol. The molecule has 0 aliphatic carbocycles. The maximum atomic E-state index is 4.57. The second-order valence-corrected chi connectivity index (χ2v) is 6.40. The van der Waals surface area contributed by atoms with Gasteiger partial charge in [0.1, 0.15) is 10.6 Å². The molecule has 0 aliphatic rings. The van der Waals surface area contributed by atoms with Crippen LogP contribution in [-0.4, -0.2) is 16.5 Å². The molecule has 21 heavy (non-hydrogen) atoms. The van der Waals surface area contributed by atoms with Crippen LogP contribution in [0.15, 0.2) is 34.1 Å². The molecule has 4 nitrogen and oxygen atoms in total. The first kappa shape index (κ1) is 14.3. The lowest BCUT2D eigenvalue weighted by atomic mass is 10.2. The van der Waals surface area contributed by atoms with Gasteiger partial charge in [-0.25, -0.2) is 4.98 Å². The van der Waals surface area contributed by atoms with Crippen LogP contribution in [0.3, 0.4) is 0 Å². The molecule has 0 bridgehead atoms. The van der Waals surface area contributed by atoms with E-state index in [0.717, 1.165) is 32.7 Å². The van der Waals surface area contributed by atoms with Gasteiger partial charge < -0.3 is 10.6 Å². The average Bonchev–Trinajstić information content (AvgIpc) is 2.92. The molecular formula is C15H15BrN4S. The second kappa shape index (κ2) is 5.99. The van der Waals surface area contributed by atoms with E-state index in [1.54, 1.807) is 11.3 Å². The summed E-state index contributed by atoms with van der Waals surface area (Å²) in [6.07, 6.45) is 0. The smallest absolute Gasteiger partial charge is 0.226 e. The highest BCUT2D eigenvalue weighted by atomic mass is 79.9. The van der Waals surface area contributed by atoms with Crippen molar-refractivity contribution in [2.45, 2.75) is 13.8 Å². The molecule has 0 atom stereocenters. The van der Waals surface area contributed by atoms with Crippen molar-refractivity contribution in [3.05, 3.63) is 39.7 Å². The highest BCUT2D eigenvalue weighted by Gasteiger charge is 2.09. The Morgan fingerprint density at radius 1 is 1.24 bits per heavy atom. The molecule has 0 saturated carbocycles. The van der Waals surface area contributed by atoms with E-state index in [9.17, 15) is 0 Å². The van der Waals surface area contributed by atoms with Crippen LogP contribution in [0.1, 0.15) is 12.5 Å². The number of nitrogens with zero attached hydrogens (tertiary/aromatic N) is 2. The molecule has 0 amide bonds. The normalized spacial score (nSPS) is 10.8. The summed E-state index contributed by atoms with van der Waals surface area (Å²) in [4.78, 5) is 10.1. The van der Waals surface area contributed by atoms with Gasteiger partial charge in [0.05, 0.1) is 5.39 Å². The summed E-state index contributed by atoms with van der Waals surface area (Å²) in [5.74, 6) is 1.48. The van der Waals surface area contributed by atoms with Crippen LogP contribution in [-0.2, 0) is 0 Å². The monoisotopic (exact) mass is 362 g/mol. The van der Waals surface area contributed by atoms with Gasteiger partial charge >= 0.3 is 0 Å². The number of fused-ring (bicyclic) bond motifs is 1. The van der Waals surface area contributed by atoms with Crippen LogP contribution in [0.5, 0.6) is 0 Å². The Hall–Kier alpha value is -1.66. The van der Waals surface area contributed by atoms with Gasteiger partial charge in [-0.1, -0.05) is 22.0 Å². The van der Waals surface area contributed by atoms with E-state index in [1.165, 1.54) is 5.56 Å². The summed E-state index contributed by atoms with van der Waals surface area (Å²) in [7, 11) is 0. The molecule has 0 spiro atoms. The Morgan fingerprint density at radius 3 is 2.86 bits per heavy atom. The van der Waals surface area contributed by atoms with Crippen molar-refractivity contribution in [1.29, 1.82) is 0 Å². The third-order valence-corrected chi connectivity index (χ3v) is 4.76. The van der Waals surface area contributed by atoms with E-state index < -0.39 is 0 Å². The molecule has 2 aromatic heterocycles. The summed E-state index contributed by atoms with van der Waals surface area (Å²) in [5.41, 5.74) is 2.21. The predicted molar refractivity (Wildman–Crippen MR) is 93.7 cm³/mol. The second-order valence-electron chi connectivity index (χ2n) is 4.65. The van der Waals surface area contributed by atoms with E-state index in [1.807, 2.05) is 24.4 Å². The Balaban J connectivity index is 2.01. The van der Waals surface area contributed by atoms with Gasteiger partial charge in [-0.3, -0.25) is 0 Å². The number of rotatable bonds is 4. The number of thiophene rings is 1. The van der Waals surface area contributed by atoms with Crippen molar-refractivity contribution >= 4 is 54.9 Å². The van der Waals surface area contributed by atoms with Crippen molar-refractivity contribution in [2.75, 3.05) is 17.2 Å². The number of aromatic nitrogens is 2. The summed E-state index contributed by atoms with van der Waals surface area (Å²) < 4.78 is 1.08. The predicted octanol–water partition coefficient (Wildman–Crippen LogP) is 4.94.